The molecule has 0 aromatic carbocycles. The van der Waals surface area contributed by atoms with Crippen LogP contribution in [0.15, 0.2) is 0 Å². The number of hydrogen-bond donors (Lipinski definition) is 1. The summed E-state index contributed by atoms with van der Waals surface area (Å²) >= 11 is 0. The Morgan fingerprint density at radius 2 is 2.18 bits per heavy atom. The molecule has 1 aliphatic heterocycles. The fourth-order valence-corrected chi connectivity index (χ4v) is 1.98. The third-order valence-electron chi connectivity index (χ3n) is 3.16. The Balaban J connectivity index is 2.26. The highest BCUT2D eigenvalue weighted by Crippen LogP contribution is 2.14. The first kappa shape index (κ1) is 14.5. The summed E-state index contributed by atoms with van der Waals surface area (Å²) < 4.78 is 5.63. The number of carbonyl (C=O) groups is 1. The Morgan fingerprint density at radius 1 is 1.47 bits per heavy atom. The summed E-state index contributed by atoms with van der Waals surface area (Å²) in [5.41, 5.74) is 5.61. The SMILES string of the molecule is CN(CC1CCCCO1)C(=O)CCC(C)(C)N. The highest BCUT2D eigenvalue weighted by Gasteiger charge is 2.20. The van der Waals surface area contributed by atoms with E-state index in [1.54, 1.807) is 4.90 Å². The maximum atomic E-state index is 11.9. The molecule has 1 rings (SSSR count). The van der Waals surface area contributed by atoms with Crippen LogP contribution in [0.1, 0.15) is 46.0 Å². The third kappa shape index (κ3) is 6.03. The molecule has 17 heavy (non-hydrogen) atoms. The first-order valence-electron chi connectivity index (χ1n) is 6.53. The van der Waals surface area contributed by atoms with Crippen molar-refractivity contribution >= 4 is 5.91 Å². The van der Waals surface area contributed by atoms with Crippen LogP contribution in [-0.2, 0) is 9.53 Å². The molecule has 0 aromatic heterocycles. The second-order valence-corrected chi connectivity index (χ2v) is 5.75. The molecule has 4 nitrogen and oxygen atoms in total. The minimum absolute atomic E-state index is 0.165. The van der Waals surface area contributed by atoms with Gasteiger partial charge in [-0.15, -0.1) is 0 Å². The number of nitrogens with two attached hydrogens (primary N) is 1. The van der Waals surface area contributed by atoms with Crippen molar-refractivity contribution < 1.29 is 9.53 Å². The van der Waals surface area contributed by atoms with Gasteiger partial charge >= 0.3 is 0 Å². The van der Waals surface area contributed by atoms with Crippen molar-refractivity contribution in [3.8, 4) is 0 Å². The molecule has 0 saturated carbocycles. The van der Waals surface area contributed by atoms with E-state index >= 15 is 0 Å². The lowest BCUT2D eigenvalue weighted by molar-refractivity contribution is -0.132. The van der Waals surface area contributed by atoms with E-state index in [-0.39, 0.29) is 17.6 Å². The van der Waals surface area contributed by atoms with E-state index in [1.165, 1.54) is 6.42 Å². The molecule has 1 unspecified atom stereocenters. The zero-order chi connectivity index (χ0) is 12.9. The fraction of sp³-hybridized carbons (Fsp3) is 0.923. The van der Waals surface area contributed by atoms with Crippen LogP contribution >= 0.6 is 0 Å². The highest BCUT2D eigenvalue weighted by molar-refractivity contribution is 5.75. The molecule has 2 N–H and O–H groups in total. The summed E-state index contributed by atoms with van der Waals surface area (Å²) in [4.78, 5) is 13.7. The first-order valence-corrected chi connectivity index (χ1v) is 6.53. The average molecular weight is 242 g/mol. The second kappa shape index (κ2) is 6.36. The maximum Gasteiger partial charge on any atom is 0.222 e. The summed E-state index contributed by atoms with van der Waals surface area (Å²) in [5, 5.41) is 0. The number of ether oxygens (including phenoxy) is 1. The van der Waals surface area contributed by atoms with Crippen molar-refractivity contribution in [2.24, 2.45) is 5.73 Å². The lowest BCUT2D eigenvalue weighted by atomic mass is 9.99. The summed E-state index contributed by atoms with van der Waals surface area (Å²) in [5.74, 6) is 0.165. The minimum atomic E-state index is -0.266. The number of likely N-dealkylation sites (N-methyl/N-ethyl adjacent to an activating group) is 1. The van der Waals surface area contributed by atoms with Gasteiger partial charge in [0, 0.05) is 32.2 Å². The Labute approximate surface area is 104 Å². The van der Waals surface area contributed by atoms with Crippen LogP contribution in [0.25, 0.3) is 0 Å². The van der Waals surface area contributed by atoms with Crippen LogP contribution in [0, 0.1) is 0 Å². The fourth-order valence-electron chi connectivity index (χ4n) is 1.98. The molecule has 100 valence electrons. The molecule has 1 saturated heterocycles. The largest absolute Gasteiger partial charge is 0.376 e. The van der Waals surface area contributed by atoms with Gasteiger partial charge in [0.25, 0.3) is 0 Å². The van der Waals surface area contributed by atoms with Crippen LogP contribution in [-0.4, -0.2) is 42.6 Å². The summed E-state index contributed by atoms with van der Waals surface area (Å²) in [6.07, 6.45) is 4.90. The van der Waals surface area contributed by atoms with Crippen LogP contribution in [0.2, 0.25) is 0 Å². The number of hydrogen-bond acceptors (Lipinski definition) is 3. The zero-order valence-corrected chi connectivity index (χ0v) is 11.4. The molecular weight excluding hydrogens is 216 g/mol. The molecule has 0 aliphatic carbocycles. The maximum absolute atomic E-state index is 11.9. The Hall–Kier alpha value is -0.610. The molecule has 1 amide bonds. The average Bonchev–Trinajstić information content (AvgIpc) is 2.26. The summed E-state index contributed by atoms with van der Waals surface area (Å²) in [6.45, 7) is 5.45. The molecule has 0 aromatic rings. The van der Waals surface area contributed by atoms with E-state index in [0.717, 1.165) is 25.9 Å². The topological polar surface area (TPSA) is 55.6 Å². The molecule has 4 heteroatoms. The second-order valence-electron chi connectivity index (χ2n) is 5.75. The van der Waals surface area contributed by atoms with Gasteiger partial charge < -0.3 is 15.4 Å². The van der Waals surface area contributed by atoms with E-state index in [0.29, 0.717) is 13.0 Å². The van der Waals surface area contributed by atoms with Crippen molar-refractivity contribution in [2.45, 2.75) is 57.6 Å². The zero-order valence-electron chi connectivity index (χ0n) is 11.4. The van der Waals surface area contributed by atoms with E-state index in [1.807, 2.05) is 20.9 Å². The van der Waals surface area contributed by atoms with Crippen molar-refractivity contribution in [3.05, 3.63) is 0 Å². The van der Waals surface area contributed by atoms with E-state index in [4.69, 9.17) is 10.5 Å². The molecule has 1 heterocycles. The number of amides is 1. The van der Waals surface area contributed by atoms with Crippen molar-refractivity contribution in [1.82, 2.24) is 4.90 Å². The molecule has 1 aliphatic rings. The number of nitrogens with zero attached hydrogens (tertiary/aromatic N) is 1. The van der Waals surface area contributed by atoms with E-state index < -0.39 is 0 Å². The normalized spacial score (nSPS) is 21.3. The molecule has 0 spiro atoms. The van der Waals surface area contributed by atoms with Gasteiger partial charge in [-0.25, -0.2) is 0 Å². The third-order valence-corrected chi connectivity index (χ3v) is 3.16. The van der Waals surface area contributed by atoms with Crippen molar-refractivity contribution in [1.29, 1.82) is 0 Å². The number of carbonyl (C=O) groups excluding carboxylic acids is 1. The Kier molecular flexibility index (Phi) is 5.40. The van der Waals surface area contributed by atoms with Gasteiger partial charge in [0.1, 0.15) is 0 Å². The summed E-state index contributed by atoms with van der Waals surface area (Å²) in [7, 11) is 1.85. The van der Waals surface area contributed by atoms with Crippen LogP contribution < -0.4 is 5.73 Å². The van der Waals surface area contributed by atoms with Gasteiger partial charge in [0.2, 0.25) is 5.91 Å². The predicted molar refractivity (Wildman–Crippen MR) is 68.7 cm³/mol. The smallest absolute Gasteiger partial charge is 0.222 e. The van der Waals surface area contributed by atoms with Gasteiger partial charge in [-0.3, -0.25) is 4.79 Å². The van der Waals surface area contributed by atoms with Gasteiger partial charge in [0.15, 0.2) is 0 Å². The van der Waals surface area contributed by atoms with Gasteiger partial charge in [-0.05, 0) is 39.5 Å². The predicted octanol–water partition coefficient (Wildman–Crippen LogP) is 1.53. The molecule has 1 atom stereocenters. The van der Waals surface area contributed by atoms with Gasteiger partial charge in [-0.2, -0.15) is 0 Å². The minimum Gasteiger partial charge on any atom is -0.376 e. The van der Waals surface area contributed by atoms with Crippen LogP contribution in [0.5, 0.6) is 0 Å². The van der Waals surface area contributed by atoms with Gasteiger partial charge in [0.05, 0.1) is 6.10 Å². The van der Waals surface area contributed by atoms with Crippen molar-refractivity contribution in [3.63, 3.8) is 0 Å². The van der Waals surface area contributed by atoms with E-state index in [2.05, 4.69) is 0 Å². The first-order chi connectivity index (χ1) is 7.88. The number of rotatable bonds is 5. The Bertz CT molecular complexity index is 242. The molecule has 1 fully saturated rings. The van der Waals surface area contributed by atoms with E-state index in [9.17, 15) is 4.79 Å². The lowest BCUT2D eigenvalue weighted by Crippen LogP contribution is -2.39. The van der Waals surface area contributed by atoms with Crippen LogP contribution in [0.4, 0.5) is 0 Å². The Morgan fingerprint density at radius 3 is 2.71 bits per heavy atom. The van der Waals surface area contributed by atoms with Crippen molar-refractivity contribution in [2.75, 3.05) is 20.2 Å². The highest BCUT2D eigenvalue weighted by atomic mass is 16.5. The molecular formula is C13H26N2O2. The monoisotopic (exact) mass is 242 g/mol. The molecule has 0 bridgehead atoms. The standard InChI is InChI=1S/C13H26N2O2/c1-13(2,14)8-7-12(16)15(3)10-11-6-4-5-9-17-11/h11H,4-10,14H2,1-3H3. The van der Waals surface area contributed by atoms with Crippen LogP contribution in [0.3, 0.4) is 0 Å². The molecule has 0 radical (unpaired) electrons. The van der Waals surface area contributed by atoms with Gasteiger partial charge in [-0.1, -0.05) is 0 Å². The lowest BCUT2D eigenvalue weighted by Gasteiger charge is -2.28. The summed E-state index contributed by atoms with van der Waals surface area (Å²) in [6, 6.07) is 0. The quantitative estimate of drug-likeness (QED) is 0.795.